The van der Waals surface area contributed by atoms with Gasteiger partial charge in [-0.15, -0.1) is 0 Å². The lowest BCUT2D eigenvalue weighted by Crippen LogP contribution is -2.19. The lowest BCUT2D eigenvalue weighted by Gasteiger charge is -2.13. The molecule has 1 aliphatic carbocycles. The highest BCUT2D eigenvalue weighted by molar-refractivity contribution is 5.70. The number of nitro groups is 1. The third-order valence-electron chi connectivity index (χ3n) is 3.33. The van der Waals surface area contributed by atoms with Crippen LogP contribution in [0.2, 0.25) is 0 Å². The van der Waals surface area contributed by atoms with Gasteiger partial charge in [-0.1, -0.05) is 0 Å². The van der Waals surface area contributed by atoms with Crippen LogP contribution in [-0.4, -0.2) is 27.0 Å². The summed E-state index contributed by atoms with van der Waals surface area (Å²) in [4.78, 5) is 25.4. The Bertz CT molecular complexity index is 518. The number of rotatable bonds is 4. The number of pyridine rings is 1. The summed E-state index contributed by atoms with van der Waals surface area (Å²) in [5.41, 5.74) is 0.602. The zero-order chi connectivity index (χ0) is 14.0. The minimum Gasteiger partial charge on any atom is -0.481 e. The lowest BCUT2D eigenvalue weighted by molar-refractivity contribution is -0.384. The first kappa shape index (κ1) is 13.3. The van der Waals surface area contributed by atoms with E-state index in [4.69, 9.17) is 5.11 Å². The number of aliphatic carboxylic acids is 1. The topological polar surface area (TPSA) is 105 Å². The highest BCUT2D eigenvalue weighted by atomic mass is 16.6. The fourth-order valence-electron chi connectivity index (χ4n) is 2.33. The summed E-state index contributed by atoms with van der Waals surface area (Å²) in [6.45, 7) is 1.75. The molecule has 1 fully saturated rings. The van der Waals surface area contributed by atoms with E-state index in [-0.39, 0.29) is 23.5 Å². The zero-order valence-corrected chi connectivity index (χ0v) is 10.5. The molecular weight excluding hydrogens is 250 g/mol. The summed E-state index contributed by atoms with van der Waals surface area (Å²) in [6, 6.07) is 2.92. The molecule has 7 nitrogen and oxygen atoms in total. The Balaban J connectivity index is 2.13. The molecule has 0 saturated heterocycles. The Labute approximate surface area is 109 Å². The molecule has 0 radical (unpaired) electrons. The summed E-state index contributed by atoms with van der Waals surface area (Å²) in [5.74, 6) is -0.960. The number of hydrogen-bond acceptors (Lipinski definition) is 5. The standard InChI is InChI=1S/C12H15N3O4/c1-7-2-5-10(15(18)19)11(13-7)14-9-4-3-8(6-9)12(16)17/h2,5,8-9H,3-4,6H2,1H3,(H,13,14)(H,16,17). The maximum Gasteiger partial charge on any atom is 0.311 e. The van der Waals surface area contributed by atoms with Crippen LogP contribution in [0.3, 0.4) is 0 Å². The number of carbonyl (C=O) groups is 1. The van der Waals surface area contributed by atoms with Gasteiger partial charge in [0, 0.05) is 17.8 Å². The van der Waals surface area contributed by atoms with Gasteiger partial charge < -0.3 is 10.4 Å². The molecule has 0 aromatic carbocycles. The van der Waals surface area contributed by atoms with Crippen molar-refractivity contribution in [1.82, 2.24) is 4.98 Å². The van der Waals surface area contributed by atoms with Crippen LogP contribution in [0.5, 0.6) is 0 Å². The van der Waals surface area contributed by atoms with Gasteiger partial charge in [0.05, 0.1) is 10.8 Å². The summed E-state index contributed by atoms with van der Waals surface area (Å²) < 4.78 is 0. The summed E-state index contributed by atoms with van der Waals surface area (Å²) in [7, 11) is 0. The molecule has 0 bridgehead atoms. The average molecular weight is 265 g/mol. The molecule has 0 amide bonds. The van der Waals surface area contributed by atoms with Gasteiger partial charge in [-0.2, -0.15) is 0 Å². The molecule has 2 atom stereocenters. The molecule has 1 aliphatic rings. The van der Waals surface area contributed by atoms with Gasteiger partial charge >= 0.3 is 11.7 Å². The van der Waals surface area contributed by atoms with E-state index in [0.717, 1.165) is 0 Å². The minimum absolute atomic E-state index is 0.0749. The molecule has 0 spiro atoms. The molecule has 1 saturated carbocycles. The SMILES string of the molecule is Cc1ccc([N+](=O)[O-])c(NC2CCC(C(=O)O)C2)n1. The molecule has 2 N–H and O–H groups in total. The van der Waals surface area contributed by atoms with E-state index in [1.807, 2.05) is 0 Å². The van der Waals surface area contributed by atoms with Crippen molar-refractivity contribution in [2.75, 3.05) is 5.32 Å². The van der Waals surface area contributed by atoms with Crippen LogP contribution < -0.4 is 5.32 Å². The van der Waals surface area contributed by atoms with Crippen LogP contribution >= 0.6 is 0 Å². The molecule has 1 heterocycles. The zero-order valence-electron chi connectivity index (χ0n) is 10.5. The highest BCUT2D eigenvalue weighted by Crippen LogP contribution is 2.30. The fourth-order valence-corrected chi connectivity index (χ4v) is 2.33. The number of nitrogens with zero attached hydrogens (tertiary/aromatic N) is 2. The molecule has 1 aromatic heterocycles. The third-order valence-corrected chi connectivity index (χ3v) is 3.33. The molecule has 1 aromatic rings. The molecular formula is C12H15N3O4. The molecule has 19 heavy (non-hydrogen) atoms. The maximum absolute atomic E-state index is 10.9. The first-order chi connectivity index (χ1) is 8.97. The van der Waals surface area contributed by atoms with Crippen molar-refractivity contribution in [1.29, 1.82) is 0 Å². The number of hydrogen-bond donors (Lipinski definition) is 2. The van der Waals surface area contributed by atoms with Gasteiger partial charge in [-0.05, 0) is 32.3 Å². The fraction of sp³-hybridized carbons (Fsp3) is 0.500. The van der Waals surface area contributed by atoms with Crippen LogP contribution in [0, 0.1) is 23.0 Å². The highest BCUT2D eigenvalue weighted by Gasteiger charge is 2.31. The molecule has 0 aliphatic heterocycles. The number of anilines is 1. The van der Waals surface area contributed by atoms with Crippen molar-refractivity contribution in [3.8, 4) is 0 Å². The number of carboxylic acid groups (broad SMARTS) is 1. The van der Waals surface area contributed by atoms with Crippen molar-refractivity contribution in [2.24, 2.45) is 5.92 Å². The predicted octanol–water partition coefficient (Wildman–Crippen LogP) is 1.96. The van der Waals surface area contributed by atoms with E-state index in [0.29, 0.717) is 25.0 Å². The normalized spacial score (nSPS) is 22.2. The second-order valence-electron chi connectivity index (χ2n) is 4.77. The van der Waals surface area contributed by atoms with E-state index >= 15 is 0 Å². The smallest absolute Gasteiger partial charge is 0.311 e. The third kappa shape index (κ3) is 2.98. The Morgan fingerprint density at radius 2 is 2.26 bits per heavy atom. The van der Waals surface area contributed by atoms with Gasteiger partial charge in [0.15, 0.2) is 0 Å². The average Bonchev–Trinajstić information content (AvgIpc) is 2.77. The Morgan fingerprint density at radius 1 is 1.53 bits per heavy atom. The van der Waals surface area contributed by atoms with Crippen molar-refractivity contribution in [2.45, 2.75) is 32.2 Å². The Kier molecular flexibility index (Phi) is 3.64. The number of carboxylic acids is 1. The first-order valence-electron chi connectivity index (χ1n) is 6.08. The lowest BCUT2D eigenvalue weighted by atomic mass is 10.1. The summed E-state index contributed by atoms with van der Waals surface area (Å²) >= 11 is 0. The van der Waals surface area contributed by atoms with Gasteiger partial charge in [-0.25, -0.2) is 4.98 Å². The van der Waals surface area contributed by atoms with E-state index in [1.165, 1.54) is 6.07 Å². The van der Waals surface area contributed by atoms with Gasteiger partial charge in [0.25, 0.3) is 0 Å². The molecule has 7 heteroatoms. The monoisotopic (exact) mass is 265 g/mol. The van der Waals surface area contributed by atoms with Crippen LogP contribution in [0.1, 0.15) is 25.0 Å². The maximum atomic E-state index is 10.9. The molecule has 102 valence electrons. The quantitative estimate of drug-likeness (QED) is 0.636. The predicted molar refractivity (Wildman–Crippen MR) is 68.0 cm³/mol. The van der Waals surface area contributed by atoms with Gasteiger partial charge in [0.2, 0.25) is 5.82 Å². The first-order valence-corrected chi connectivity index (χ1v) is 6.08. The van der Waals surface area contributed by atoms with Crippen LogP contribution in [0.4, 0.5) is 11.5 Å². The van der Waals surface area contributed by atoms with Crippen LogP contribution in [0.25, 0.3) is 0 Å². The van der Waals surface area contributed by atoms with Crippen LogP contribution in [-0.2, 0) is 4.79 Å². The van der Waals surface area contributed by atoms with Gasteiger partial charge in [-0.3, -0.25) is 14.9 Å². The van der Waals surface area contributed by atoms with Gasteiger partial charge in [0.1, 0.15) is 0 Å². The van der Waals surface area contributed by atoms with E-state index in [2.05, 4.69) is 10.3 Å². The summed E-state index contributed by atoms with van der Waals surface area (Å²) in [5, 5.41) is 22.8. The van der Waals surface area contributed by atoms with Crippen molar-refractivity contribution in [3.05, 3.63) is 27.9 Å². The van der Waals surface area contributed by atoms with Crippen LogP contribution in [0.15, 0.2) is 12.1 Å². The Morgan fingerprint density at radius 3 is 2.84 bits per heavy atom. The van der Waals surface area contributed by atoms with Crippen molar-refractivity contribution >= 4 is 17.5 Å². The summed E-state index contributed by atoms with van der Waals surface area (Å²) in [6.07, 6.45) is 1.75. The van der Waals surface area contributed by atoms with Crippen molar-refractivity contribution in [3.63, 3.8) is 0 Å². The number of aryl methyl sites for hydroxylation is 1. The van der Waals surface area contributed by atoms with Crippen molar-refractivity contribution < 1.29 is 14.8 Å². The van der Waals surface area contributed by atoms with E-state index in [1.54, 1.807) is 13.0 Å². The number of aromatic nitrogens is 1. The van der Waals surface area contributed by atoms with E-state index < -0.39 is 10.9 Å². The second kappa shape index (κ2) is 5.21. The molecule has 2 unspecified atom stereocenters. The largest absolute Gasteiger partial charge is 0.481 e. The minimum atomic E-state index is -0.809. The molecule has 2 rings (SSSR count). The Hall–Kier alpha value is -2.18. The second-order valence-corrected chi connectivity index (χ2v) is 4.77. The number of nitrogens with one attached hydrogen (secondary N) is 1. The van der Waals surface area contributed by atoms with E-state index in [9.17, 15) is 14.9 Å².